The Hall–Kier alpha value is 0.330. The summed E-state index contributed by atoms with van der Waals surface area (Å²) in [6.07, 6.45) is -1.67. The van der Waals surface area contributed by atoms with E-state index < -0.39 is 11.2 Å². The van der Waals surface area contributed by atoms with Gasteiger partial charge in [0.2, 0.25) is 0 Å². The molecule has 0 aliphatic rings. The molecule has 1 atom stereocenters. The van der Waals surface area contributed by atoms with E-state index in [0.29, 0.717) is 0 Å². The van der Waals surface area contributed by atoms with Crippen LogP contribution in [0.3, 0.4) is 0 Å². The summed E-state index contributed by atoms with van der Waals surface area (Å²) in [5, 5.41) is 7.39. The van der Waals surface area contributed by atoms with Gasteiger partial charge in [-0.05, 0) is 30.1 Å². The summed E-state index contributed by atoms with van der Waals surface area (Å²) in [7, 11) is 0. The first-order chi connectivity index (χ1) is 3.73. The Morgan fingerprint density at radius 3 is 1.44 bits per heavy atom. The third kappa shape index (κ3) is 3060. The predicted octanol–water partition coefficient (Wildman–Crippen LogP) is 2.31. The van der Waals surface area contributed by atoms with Crippen molar-refractivity contribution in [2.75, 3.05) is 0 Å². The van der Waals surface area contributed by atoms with E-state index in [1.165, 1.54) is 0 Å². The number of aliphatic hydroxyl groups is 1. The maximum Gasteiger partial charge on any atom is 0.401 e. The fourth-order valence-electron chi connectivity index (χ4n) is 0. The molecular weight excluding hydrogens is 180 g/mol. The van der Waals surface area contributed by atoms with E-state index in [1.807, 2.05) is 0 Å². The molecule has 0 radical (unpaired) electrons. The molecule has 1 nitrogen and oxygen atoms in total. The van der Waals surface area contributed by atoms with Crippen molar-refractivity contribution in [3.05, 3.63) is 0 Å². The molecule has 1 N–H and O–H groups in total. The summed E-state index contributed by atoms with van der Waals surface area (Å²) in [5.41, 5.74) is 0. The van der Waals surface area contributed by atoms with Crippen LogP contribution in [0, 0.1) is 0 Å². The molecule has 0 saturated carbocycles. The summed E-state index contributed by atoms with van der Waals surface area (Å²) >= 11 is 7.92. The largest absolute Gasteiger partial charge is 0.401 e. The Bertz CT molecular complexity index is 53.8. The summed E-state index contributed by atoms with van der Waals surface area (Å²) in [5.74, 6) is 0. The molecule has 0 fully saturated rings. The van der Waals surface area contributed by atoms with E-state index >= 15 is 0 Å². The zero-order chi connectivity index (χ0) is 8.08. The van der Waals surface area contributed by atoms with Crippen LogP contribution in [-0.4, -0.2) is 16.3 Å². The fourth-order valence-corrected chi connectivity index (χ4v) is 0. The standard InChI is InChI=1S/C2H5FO.CCl2F2/c1-2(3)4;2-1(3,4)5/h2,4H,1H3;. The van der Waals surface area contributed by atoms with Crippen LogP contribution in [0.4, 0.5) is 13.2 Å². The van der Waals surface area contributed by atoms with Gasteiger partial charge in [0.05, 0.1) is 0 Å². The predicted molar refractivity (Wildman–Crippen MR) is 29.4 cm³/mol. The minimum Gasteiger partial charge on any atom is -0.364 e. The maximum absolute atomic E-state index is 10.6. The number of rotatable bonds is 0. The molecule has 1 unspecified atom stereocenters. The highest BCUT2D eigenvalue weighted by molar-refractivity contribution is 6.45. The first kappa shape index (κ1) is 12.0. The Balaban J connectivity index is 0. The topological polar surface area (TPSA) is 20.2 Å². The van der Waals surface area contributed by atoms with Crippen LogP contribution in [-0.2, 0) is 0 Å². The van der Waals surface area contributed by atoms with Crippen LogP contribution in [0.15, 0.2) is 0 Å². The van der Waals surface area contributed by atoms with Crippen molar-refractivity contribution in [2.24, 2.45) is 0 Å². The molecular formula is C3H5Cl2F3O. The van der Waals surface area contributed by atoms with E-state index in [2.05, 4.69) is 23.2 Å². The average Bonchev–Trinajstić information content (AvgIpc) is 1.19. The summed E-state index contributed by atoms with van der Waals surface area (Å²) in [6, 6.07) is 0. The van der Waals surface area contributed by atoms with E-state index in [9.17, 15) is 13.2 Å². The Morgan fingerprint density at radius 2 is 1.44 bits per heavy atom. The Morgan fingerprint density at radius 1 is 1.44 bits per heavy atom. The summed E-state index contributed by atoms with van der Waals surface area (Å²) in [4.78, 5) is -3.56. The first-order valence-electron chi connectivity index (χ1n) is 1.81. The molecule has 0 aromatic rings. The Labute approximate surface area is 60.4 Å². The lowest BCUT2D eigenvalue weighted by Crippen LogP contribution is -1.86. The second kappa shape index (κ2) is 5.14. The van der Waals surface area contributed by atoms with Gasteiger partial charge in [0, 0.05) is 0 Å². The number of hydrogen-bond acceptors (Lipinski definition) is 1. The molecule has 0 amide bonds. The van der Waals surface area contributed by atoms with Crippen molar-refractivity contribution in [3.63, 3.8) is 0 Å². The highest BCUT2D eigenvalue weighted by Crippen LogP contribution is 2.22. The van der Waals surface area contributed by atoms with Gasteiger partial charge in [-0.1, -0.05) is 0 Å². The van der Waals surface area contributed by atoms with Gasteiger partial charge in [0.15, 0.2) is 6.36 Å². The summed E-state index contributed by atoms with van der Waals surface area (Å²) in [6.45, 7) is 1.06. The normalized spacial score (nSPS) is 13.7. The van der Waals surface area contributed by atoms with E-state index in [-0.39, 0.29) is 0 Å². The van der Waals surface area contributed by atoms with Crippen LogP contribution < -0.4 is 0 Å². The van der Waals surface area contributed by atoms with Gasteiger partial charge in [0.1, 0.15) is 0 Å². The van der Waals surface area contributed by atoms with Crippen LogP contribution in [0.1, 0.15) is 6.92 Å². The van der Waals surface area contributed by atoms with Gasteiger partial charge in [-0.25, -0.2) is 4.39 Å². The van der Waals surface area contributed by atoms with E-state index in [4.69, 9.17) is 5.11 Å². The minimum absolute atomic E-state index is 1.06. The monoisotopic (exact) mass is 184 g/mol. The number of alkyl halides is 5. The van der Waals surface area contributed by atoms with Crippen molar-refractivity contribution in [1.82, 2.24) is 0 Å². The highest BCUT2D eigenvalue weighted by Gasteiger charge is 2.17. The quantitative estimate of drug-likeness (QED) is 0.574. The van der Waals surface area contributed by atoms with Crippen molar-refractivity contribution >= 4 is 23.2 Å². The molecule has 0 aliphatic carbocycles. The van der Waals surface area contributed by atoms with Gasteiger partial charge in [0.25, 0.3) is 0 Å². The maximum atomic E-state index is 10.6. The molecule has 6 heteroatoms. The molecule has 0 saturated heterocycles. The molecule has 0 aromatic heterocycles. The SMILES string of the molecule is CC(O)F.FC(F)(Cl)Cl. The Kier molecular flexibility index (Phi) is 6.88. The lowest BCUT2D eigenvalue weighted by molar-refractivity contribution is 0.0607. The average molecular weight is 185 g/mol. The molecule has 0 aliphatic heterocycles. The van der Waals surface area contributed by atoms with Crippen molar-refractivity contribution in [3.8, 4) is 0 Å². The zero-order valence-electron chi connectivity index (χ0n) is 4.41. The molecule has 0 heterocycles. The molecule has 0 bridgehead atoms. The second-order valence-corrected chi connectivity index (χ2v) is 2.15. The lowest BCUT2D eigenvalue weighted by atomic mass is 10.8. The van der Waals surface area contributed by atoms with Gasteiger partial charge in [-0.3, -0.25) is 0 Å². The minimum atomic E-state index is -3.56. The molecule has 0 rings (SSSR count). The van der Waals surface area contributed by atoms with Gasteiger partial charge >= 0.3 is 4.84 Å². The third-order valence-corrected chi connectivity index (χ3v) is 0. The molecule has 0 aromatic carbocycles. The summed E-state index contributed by atoms with van der Waals surface area (Å²) < 4.78 is 31.7. The van der Waals surface area contributed by atoms with Crippen molar-refractivity contribution in [2.45, 2.75) is 18.1 Å². The third-order valence-electron chi connectivity index (χ3n) is 0. The van der Waals surface area contributed by atoms with Gasteiger partial charge in [-0.15, -0.1) is 0 Å². The van der Waals surface area contributed by atoms with Crippen molar-refractivity contribution < 1.29 is 18.3 Å². The molecule has 58 valence electrons. The van der Waals surface area contributed by atoms with Gasteiger partial charge < -0.3 is 5.11 Å². The van der Waals surface area contributed by atoms with Crippen LogP contribution in [0.25, 0.3) is 0 Å². The van der Waals surface area contributed by atoms with Crippen LogP contribution >= 0.6 is 23.2 Å². The zero-order valence-corrected chi connectivity index (χ0v) is 5.93. The van der Waals surface area contributed by atoms with E-state index in [1.54, 1.807) is 0 Å². The molecule has 9 heavy (non-hydrogen) atoms. The van der Waals surface area contributed by atoms with Crippen LogP contribution in [0.5, 0.6) is 0 Å². The first-order valence-corrected chi connectivity index (χ1v) is 2.57. The van der Waals surface area contributed by atoms with Crippen LogP contribution in [0.2, 0.25) is 0 Å². The fraction of sp³-hybridized carbons (Fsp3) is 1.00. The number of aliphatic hydroxyl groups excluding tert-OH is 1. The molecule has 0 spiro atoms. The number of halogens is 5. The number of hydrogen-bond donors (Lipinski definition) is 1. The highest BCUT2D eigenvalue weighted by atomic mass is 35.5. The smallest absolute Gasteiger partial charge is 0.364 e. The lowest BCUT2D eigenvalue weighted by Gasteiger charge is -1.87. The van der Waals surface area contributed by atoms with Gasteiger partial charge in [-0.2, -0.15) is 8.78 Å². The second-order valence-electron chi connectivity index (χ2n) is 1.00. The van der Waals surface area contributed by atoms with Crippen molar-refractivity contribution in [1.29, 1.82) is 0 Å². The van der Waals surface area contributed by atoms with E-state index in [0.717, 1.165) is 6.92 Å².